The molecular formula is C22H27N3O6Si. The van der Waals surface area contributed by atoms with Crippen molar-refractivity contribution in [2.75, 3.05) is 26.6 Å². The average molecular weight is 458 g/mol. The molecule has 0 aliphatic heterocycles. The minimum Gasteiger partial charge on any atom is -0.479 e. The second-order valence-electron chi connectivity index (χ2n) is 8.01. The summed E-state index contributed by atoms with van der Waals surface area (Å²) in [6.07, 6.45) is 0. The number of ether oxygens (including phenoxy) is 4. The topological polar surface area (TPSA) is 105 Å². The van der Waals surface area contributed by atoms with Gasteiger partial charge in [0.1, 0.15) is 5.75 Å². The molecule has 2 aromatic heterocycles. The fourth-order valence-corrected chi connectivity index (χ4v) is 4.00. The fraction of sp³-hybridized carbons (Fsp3) is 0.318. The number of amides is 1. The SMILES string of the molecule is COc1nc(OC)c(NC(=O)c2ccc(Oc3cc([Si](C)(C)C)ccc3C)o2)c(OC)n1. The zero-order valence-corrected chi connectivity index (χ0v) is 20.2. The van der Waals surface area contributed by atoms with E-state index in [2.05, 4.69) is 41.0 Å². The van der Waals surface area contributed by atoms with Gasteiger partial charge in [-0.2, -0.15) is 9.97 Å². The van der Waals surface area contributed by atoms with Crippen molar-refractivity contribution in [2.45, 2.75) is 26.6 Å². The molecule has 3 aromatic rings. The van der Waals surface area contributed by atoms with Crippen LogP contribution in [0.25, 0.3) is 0 Å². The summed E-state index contributed by atoms with van der Waals surface area (Å²) in [7, 11) is 2.73. The molecule has 0 fully saturated rings. The molecule has 9 nitrogen and oxygen atoms in total. The molecule has 170 valence electrons. The highest BCUT2D eigenvalue weighted by Crippen LogP contribution is 2.34. The Morgan fingerprint density at radius 1 is 0.969 bits per heavy atom. The molecule has 1 N–H and O–H groups in total. The maximum atomic E-state index is 12.8. The van der Waals surface area contributed by atoms with E-state index in [4.69, 9.17) is 23.4 Å². The molecule has 1 amide bonds. The second-order valence-corrected chi connectivity index (χ2v) is 13.1. The van der Waals surface area contributed by atoms with Crippen molar-refractivity contribution >= 4 is 24.9 Å². The first-order chi connectivity index (χ1) is 15.2. The largest absolute Gasteiger partial charge is 0.479 e. The van der Waals surface area contributed by atoms with Crippen molar-refractivity contribution in [3.63, 3.8) is 0 Å². The van der Waals surface area contributed by atoms with Gasteiger partial charge in [0.15, 0.2) is 11.4 Å². The third-order valence-corrected chi connectivity index (χ3v) is 6.74. The number of nitrogens with zero attached hydrogens (tertiary/aromatic N) is 2. The molecule has 32 heavy (non-hydrogen) atoms. The van der Waals surface area contributed by atoms with Gasteiger partial charge >= 0.3 is 6.01 Å². The van der Waals surface area contributed by atoms with Crippen LogP contribution in [0.3, 0.4) is 0 Å². The van der Waals surface area contributed by atoms with E-state index in [0.29, 0.717) is 5.75 Å². The number of anilines is 1. The van der Waals surface area contributed by atoms with Gasteiger partial charge in [-0.3, -0.25) is 4.79 Å². The highest BCUT2D eigenvalue weighted by molar-refractivity contribution is 6.88. The Hall–Kier alpha value is -3.53. The lowest BCUT2D eigenvalue weighted by Crippen LogP contribution is -2.37. The standard InChI is InChI=1S/C22H27N3O6Si/c1-13-8-9-14(32(5,6)7)12-16(13)31-17-11-10-15(30-17)19(26)23-18-20(27-2)24-22(29-4)25-21(18)28-3/h8-12H,1-7H3,(H,23,26). The molecule has 0 atom stereocenters. The monoisotopic (exact) mass is 457 g/mol. The lowest BCUT2D eigenvalue weighted by atomic mass is 10.2. The van der Waals surface area contributed by atoms with Crippen LogP contribution in [0, 0.1) is 6.92 Å². The Morgan fingerprint density at radius 2 is 1.62 bits per heavy atom. The van der Waals surface area contributed by atoms with Crippen LogP contribution in [-0.2, 0) is 0 Å². The van der Waals surface area contributed by atoms with E-state index in [9.17, 15) is 4.79 Å². The highest BCUT2D eigenvalue weighted by Gasteiger charge is 2.22. The number of rotatable bonds is 8. The molecule has 0 aliphatic rings. The molecule has 0 saturated carbocycles. The van der Waals surface area contributed by atoms with E-state index >= 15 is 0 Å². The molecule has 0 bridgehead atoms. The van der Waals surface area contributed by atoms with Crippen molar-refractivity contribution in [1.29, 1.82) is 0 Å². The first kappa shape index (κ1) is 23.1. The molecule has 0 saturated heterocycles. The summed E-state index contributed by atoms with van der Waals surface area (Å²) in [6.45, 7) is 8.76. The van der Waals surface area contributed by atoms with Crippen molar-refractivity contribution in [1.82, 2.24) is 9.97 Å². The number of hydrogen-bond acceptors (Lipinski definition) is 8. The van der Waals surface area contributed by atoms with Gasteiger partial charge < -0.3 is 28.7 Å². The maximum Gasteiger partial charge on any atom is 0.322 e. The minimum atomic E-state index is -1.51. The normalized spacial score (nSPS) is 11.1. The van der Waals surface area contributed by atoms with Gasteiger partial charge in [-0.25, -0.2) is 0 Å². The molecule has 0 radical (unpaired) electrons. The second kappa shape index (κ2) is 9.31. The highest BCUT2D eigenvalue weighted by atomic mass is 28.3. The number of aromatic nitrogens is 2. The third-order valence-electron chi connectivity index (χ3n) is 4.70. The molecule has 10 heteroatoms. The molecule has 2 heterocycles. The van der Waals surface area contributed by atoms with Crippen LogP contribution in [0.4, 0.5) is 5.69 Å². The van der Waals surface area contributed by atoms with Gasteiger partial charge in [0.05, 0.1) is 29.4 Å². The number of aryl methyl sites for hydroxylation is 1. The molecule has 0 unspecified atom stereocenters. The van der Waals surface area contributed by atoms with E-state index in [1.54, 1.807) is 6.07 Å². The Morgan fingerprint density at radius 3 is 2.19 bits per heavy atom. The number of nitrogens with one attached hydrogen (secondary N) is 1. The first-order valence-electron chi connectivity index (χ1n) is 9.90. The van der Waals surface area contributed by atoms with E-state index in [1.165, 1.54) is 32.6 Å². The minimum absolute atomic E-state index is 0.0407. The Bertz CT molecular complexity index is 1100. The molecule has 3 rings (SSSR count). The van der Waals surface area contributed by atoms with Crippen LogP contribution in [-0.4, -0.2) is 45.3 Å². The quantitative estimate of drug-likeness (QED) is 0.506. The molecule has 1 aromatic carbocycles. The number of furan rings is 1. The van der Waals surface area contributed by atoms with Crippen LogP contribution in [0.2, 0.25) is 19.6 Å². The smallest absolute Gasteiger partial charge is 0.322 e. The summed E-state index contributed by atoms with van der Waals surface area (Å²) in [6, 6.07) is 9.35. The Labute approximate surface area is 187 Å². The van der Waals surface area contributed by atoms with Crippen LogP contribution in [0.1, 0.15) is 16.1 Å². The lowest BCUT2D eigenvalue weighted by molar-refractivity contribution is 0.0990. The van der Waals surface area contributed by atoms with Gasteiger partial charge in [0.2, 0.25) is 11.8 Å². The molecule has 0 aliphatic carbocycles. The predicted molar refractivity (Wildman–Crippen MR) is 123 cm³/mol. The average Bonchev–Trinajstić information content (AvgIpc) is 3.23. The predicted octanol–water partition coefficient (Wildman–Crippen LogP) is 3.99. The molecular weight excluding hydrogens is 430 g/mol. The summed E-state index contributed by atoms with van der Waals surface area (Å²) in [5.74, 6) is 0.568. The zero-order valence-electron chi connectivity index (χ0n) is 19.2. The van der Waals surface area contributed by atoms with Crippen LogP contribution >= 0.6 is 0 Å². The lowest BCUT2D eigenvalue weighted by Gasteiger charge is -2.18. The Kier molecular flexibility index (Phi) is 6.73. The summed E-state index contributed by atoms with van der Waals surface area (Å²) in [5.41, 5.74) is 1.12. The van der Waals surface area contributed by atoms with Crippen molar-refractivity contribution in [2.24, 2.45) is 0 Å². The van der Waals surface area contributed by atoms with Crippen LogP contribution < -0.4 is 29.5 Å². The maximum absolute atomic E-state index is 12.8. The number of benzene rings is 1. The van der Waals surface area contributed by atoms with E-state index in [-0.39, 0.29) is 35.2 Å². The van der Waals surface area contributed by atoms with Gasteiger partial charge in [-0.1, -0.05) is 37.0 Å². The first-order valence-corrected chi connectivity index (χ1v) is 13.4. The van der Waals surface area contributed by atoms with Gasteiger partial charge in [0, 0.05) is 6.07 Å². The zero-order chi connectivity index (χ0) is 23.5. The van der Waals surface area contributed by atoms with E-state index in [0.717, 1.165) is 5.56 Å². The number of carbonyl (C=O) groups is 1. The van der Waals surface area contributed by atoms with E-state index < -0.39 is 14.0 Å². The van der Waals surface area contributed by atoms with Gasteiger partial charge in [0.25, 0.3) is 11.9 Å². The van der Waals surface area contributed by atoms with Crippen molar-refractivity contribution < 1.29 is 28.2 Å². The fourth-order valence-electron chi connectivity index (χ4n) is 2.85. The van der Waals surface area contributed by atoms with E-state index in [1.807, 2.05) is 19.1 Å². The Balaban J connectivity index is 1.82. The number of carbonyl (C=O) groups excluding carboxylic acids is 1. The number of methoxy groups -OCH3 is 3. The van der Waals surface area contributed by atoms with Crippen LogP contribution in [0.15, 0.2) is 34.7 Å². The summed E-state index contributed by atoms with van der Waals surface area (Å²) in [4.78, 5) is 20.9. The van der Waals surface area contributed by atoms with Crippen molar-refractivity contribution in [3.05, 3.63) is 41.7 Å². The van der Waals surface area contributed by atoms with Crippen LogP contribution in [0.5, 0.6) is 29.5 Å². The summed E-state index contributed by atoms with van der Waals surface area (Å²) in [5, 5.41) is 3.92. The number of hydrogen-bond donors (Lipinski definition) is 1. The molecule has 0 spiro atoms. The van der Waals surface area contributed by atoms with Gasteiger partial charge in [-0.05, 0) is 24.6 Å². The third kappa shape index (κ3) is 5.02. The van der Waals surface area contributed by atoms with Gasteiger partial charge in [-0.15, -0.1) is 0 Å². The summed E-state index contributed by atoms with van der Waals surface area (Å²) < 4.78 is 27.0. The van der Waals surface area contributed by atoms with Crippen molar-refractivity contribution in [3.8, 4) is 29.5 Å². The summed E-state index contributed by atoms with van der Waals surface area (Å²) >= 11 is 0.